The van der Waals surface area contributed by atoms with Gasteiger partial charge in [-0.2, -0.15) is 0 Å². The number of carbonyl (C=O) groups is 2. The minimum Gasteiger partial charge on any atom is -0.372 e. The Labute approximate surface area is 170 Å². The normalized spacial score (nSPS) is 11.0. The molecular formula is C22H26N4O3. The third-order valence-electron chi connectivity index (χ3n) is 4.46. The molecule has 0 saturated heterocycles. The topological polar surface area (TPSA) is 108 Å². The zero-order chi connectivity index (χ0) is 21.2. The summed E-state index contributed by atoms with van der Waals surface area (Å²) in [6.07, 6.45) is 0. The van der Waals surface area contributed by atoms with E-state index in [0.717, 1.165) is 24.2 Å². The smallest absolute Gasteiger partial charge is 0.267 e. The first-order chi connectivity index (χ1) is 14.0. The largest absolute Gasteiger partial charge is 0.372 e. The highest BCUT2D eigenvalue weighted by Crippen LogP contribution is 2.14. The third-order valence-corrected chi connectivity index (χ3v) is 4.46. The summed E-state index contributed by atoms with van der Waals surface area (Å²) >= 11 is 0. The number of rotatable bonds is 7. The van der Waals surface area contributed by atoms with E-state index in [1.54, 1.807) is 24.3 Å². The summed E-state index contributed by atoms with van der Waals surface area (Å²) < 4.78 is 0. The van der Waals surface area contributed by atoms with Gasteiger partial charge in [0.2, 0.25) is 0 Å². The van der Waals surface area contributed by atoms with Crippen molar-refractivity contribution in [2.24, 2.45) is 5.73 Å². The molecule has 0 aromatic heterocycles. The van der Waals surface area contributed by atoms with Crippen molar-refractivity contribution in [3.8, 4) is 11.8 Å². The van der Waals surface area contributed by atoms with Crippen molar-refractivity contribution in [2.75, 3.05) is 24.5 Å². The average molecular weight is 394 g/mol. The Morgan fingerprint density at radius 1 is 1.00 bits per heavy atom. The summed E-state index contributed by atoms with van der Waals surface area (Å²) in [6.45, 7) is 6.03. The van der Waals surface area contributed by atoms with Gasteiger partial charge < -0.3 is 16.0 Å². The summed E-state index contributed by atoms with van der Waals surface area (Å²) in [5.41, 5.74) is 10.1. The molecule has 7 nitrogen and oxygen atoms in total. The van der Waals surface area contributed by atoms with Crippen LogP contribution in [0.4, 0.5) is 5.69 Å². The van der Waals surface area contributed by atoms with Gasteiger partial charge in [-0.3, -0.25) is 14.8 Å². The van der Waals surface area contributed by atoms with E-state index in [1.165, 1.54) is 11.2 Å². The Morgan fingerprint density at radius 2 is 1.52 bits per heavy atom. The predicted molar refractivity (Wildman–Crippen MR) is 113 cm³/mol. The molecule has 5 N–H and O–H groups in total. The maximum absolute atomic E-state index is 12.2. The van der Waals surface area contributed by atoms with Crippen molar-refractivity contribution in [1.29, 1.82) is 0 Å². The molecule has 152 valence electrons. The summed E-state index contributed by atoms with van der Waals surface area (Å²) in [5.74, 6) is 4.95. The SMILES string of the molecule is CCN(CC)c1ccc(C#Cc2ccc(C(=O)N[C@@H](CN)C(=O)NO)cc2)cc1. The van der Waals surface area contributed by atoms with Crippen molar-refractivity contribution in [2.45, 2.75) is 19.9 Å². The second kappa shape index (κ2) is 10.9. The van der Waals surface area contributed by atoms with Gasteiger partial charge in [0.1, 0.15) is 6.04 Å². The van der Waals surface area contributed by atoms with Gasteiger partial charge in [-0.25, -0.2) is 5.48 Å². The van der Waals surface area contributed by atoms with Crippen molar-refractivity contribution in [3.05, 3.63) is 65.2 Å². The highest BCUT2D eigenvalue weighted by molar-refractivity contribution is 5.97. The highest BCUT2D eigenvalue weighted by atomic mass is 16.5. The number of hydroxylamine groups is 1. The zero-order valence-electron chi connectivity index (χ0n) is 16.6. The first-order valence-electron chi connectivity index (χ1n) is 9.44. The molecule has 0 aliphatic rings. The Kier molecular flexibility index (Phi) is 8.22. The fraction of sp³-hybridized carbons (Fsp3) is 0.273. The van der Waals surface area contributed by atoms with E-state index in [1.807, 2.05) is 12.1 Å². The number of carbonyl (C=O) groups excluding carboxylic acids is 2. The molecule has 0 saturated carbocycles. The number of nitrogens with two attached hydrogens (primary N) is 1. The van der Waals surface area contributed by atoms with Crippen molar-refractivity contribution < 1.29 is 14.8 Å². The lowest BCUT2D eigenvalue weighted by molar-refractivity contribution is -0.130. The van der Waals surface area contributed by atoms with Crippen molar-refractivity contribution in [1.82, 2.24) is 10.8 Å². The summed E-state index contributed by atoms with van der Waals surface area (Å²) in [5, 5.41) is 11.1. The van der Waals surface area contributed by atoms with Gasteiger partial charge in [-0.1, -0.05) is 11.8 Å². The van der Waals surface area contributed by atoms with Gasteiger partial charge in [0.15, 0.2) is 0 Å². The van der Waals surface area contributed by atoms with E-state index < -0.39 is 17.9 Å². The van der Waals surface area contributed by atoms with E-state index in [-0.39, 0.29) is 6.54 Å². The molecule has 0 spiro atoms. The van der Waals surface area contributed by atoms with Gasteiger partial charge in [-0.05, 0) is 62.4 Å². The van der Waals surface area contributed by atoms with Gasteiger partial charge in [0.05, 0.1) is 0 Å². The number of nitrogens with one attached hydrogen (secondary N) is 2. The number of anilines is 1. The quantitative estimate of drug-likeness (QED) is 0.323. The maximum atomic E-state index is 12.2. The highest BCUT2D eigenvalue weighted by Gasteiger charge is 2.19. The molecule has 0 unspecified atom stereocenters. The van der Waals surface area contributed by atoms with Crippen LogP contribution in [0.1, 0.15) is 35.3 Å². The van der Waals surface area contributed by atoms with E-state index in [9.17, 15) is 9.59 Å². The second-order valence-corrected chi connectivity index (χ2v) is 6.28. The summed E-state index contributed by atoms with van der Waals surface area (Å²) in [4.78, 5) is 25.9. The number of hydrogen-bond donors (Lipinski definition) is 4. The number of amides is 2. The molecule has 2 rings (SSSR count). The first-order valence-corrected chi connectivity index (χ1v) is 9.44. The van der Waals surface area contributed by atoms with Crippen LogP contribution < -0.4 is 21.4 Å². The Balaban J connectivity index is 2.04. The number of benzene rings is 2. The molecule has 2 amide bonds. The predicted octanol–water partition coefficient (Wildman–Crippen LogP) is 1.50. The number of hydrogen-bond acceptors (Lipinski definition) is 5. The molecule has 2 aromatic rings. The lowest BCUT2D eigenvalue weighted by atomic mass is 10.1. The van der Waals surface area contributed by atoms with Crippen LogP contribution in [0.2, 0.25) is 0 Å². The molecular weight excluding hydrogens is 368 g/mol. The minimum absolute atomic E-state index is 0.130. The molecule has 0 radical (unpaired) electrons. The molecule has 0 fully saturated rings. The molecule has 0 aliphatic carbocycles. The van der Waals surface area contributed by atoms with E-state index >= 15 is 0 Å². The van der Waals surface area contributed by atoms with Crippen LogP contribution in [-0.4, -0.2) is 42.7 Å². The molecule has 2 aromatic carbocycles. The molecule has 0 bridgehead atoms. The van der Waals surface area contributed by atoms with Crippen LogP contribution in [0, 0.1) is 11.8 Å². The molecule has 7 heteroatoms. The van der Waals surface area contributed by atoms with Gasteiger partial charge >= 0.3 is 0 Å². The standard InChI is InChI=1S/C22H26N4O3/c1-3-26(4-2)19-13-9-17(10-14-19)6-5-16-7-11-18(12-8-16)21(27)24-20(15-23)22(28)25-29/h7-14,20,29H,3-4,15,23H2,1-2H3,(H,24,27)(H,25,28)/t20-/m0/s1. The minimum atomic E-state index is -1.01. The Morgan fingerprint density at radius 3 is 1.97 bits per heavy atom. The number of nitrogens with zero attached hydrogens (tertiary/aromatic N) is 1. The Hall–Kier alpha value is -3.34. The van der Waals surface area contributed by atoms with Crippen LogP contribution in [0.5, 0.6) is 0 Å². The van der Waals surface area contributed by atoms with Crippen molar-refractivity contribution in [3.63, 3.8) is 0 Å². The van der Waals surface area contributed by atoms with Crippen LogP contribution in [0.3, 0.4) is 0 Å². The lowest BCUT2D eigenvalue weighted by Crippen LogP contribution is -2.50. The third kappa shape index (κ3) is 6.07. The average Bonchev–Trinajstić information content (AvgIpc) is 2.77. The Bertz CT molecular complexity index is 879. The van der Waals surface area contributed by atoms with Gasteiger partial charge in [-0.15, -0.1) is 0 Å². The zero-order valence-corrected chi connectivity index (χ0v) is 16.6. The van der Waals surface area contributed by atoms with Gasteiger partial charge in [0, 0.05) is 42.0 Å². The van der Waals surface area contributed by atoms with Crippen LogP contribution in [0.15, 0.2) is 48.5 Å². The fourth-order valence-corrected chi connectivity index (χ4v) is 2.74. The molecule has 29 heavy (non-hydrogen) atoms. The summed E-state index contributed by atoms with van der Waals surface area (Å²) in [6, 6.07) is 13.8. The molecule has 0 heterocycles. The second-order valence-electron chi connectivity index (χ2n) is 6.28. The molecule has 0 aliphatic heterocycles. The lowest BCUT2D eigenvalue weighted by Gasteiger charge is -2.20. The van der Waals surface area contributed by atoms with Crippen LogP contribution in [-0.2, 0) is 4.79 Å². The van der Waals surface area contributed by atoms with E-state index in [2.05, 4.69) is 48.0 Å². The molecule has 1 atom stereocenters. The monoisotopic (exact) mass is 394 g/mol. The van der Waals surface area contributed by atoms with Crippen LogP contribution in [0.25, 0.3) is 0 Å². The van der Waals surface area contributed by atoms with E-state index in [4.69, 9.17) is 10.9 Å². The summed E-state index contributed by atoms with van der Waals surface area (Å²) in [7, 11) is 0. The van der Waals surface area contributed by atoms with Gasteiger partial charge in [0.25, 0.3) is 11.8 Å². The van der Waals surface area contributed by atoms with Crippen LogP contribution >= 0.6 is 0 Å². The first kappa shape index (κ1) is 22.0. The van der Waals surface area contributed by atoms with Crippen molar-refractivity contribution >= 4 is 17.5 Å². The maximum Gasteiger partial charge on any atom is 0.267 e. The van der Waals surface area contributed by atoms with E-state index in [0.29, 0.717) is 5.56 Å². The fourth-order valence-electron chi connectivity index (χ4n) is 2.74.